The van der Waals surface area contributed by atoms with Crippen molar-refractivity contribution in [2.75, 3.05) is 0 Å². The Bertz CT molecular complexity index is 532. The molecule has 2 aliphatic carbocycles. The molecule has 0 aliphatic heterocycles. The second kappa shape index (κ2) is 3.96. The summed E-state index contributed by atoms with van der Waals surface area (Å²) in [5.41, 5.74) is 6.04. The van der Waals surface area contributed by atoms with E-state index in [-0.39, 0.29) is 23.2 Å². The third-order valence-electron chi connectivity index (χ3n) is 3.38. The van der Waals surface area contributed by atoms with Crippen LogP contribution in [0, 0.1) is 6.92 Å². The molecule has 1 aromatic rings. The van der Waals surface area contributed by atoms with Crippen molar-refractivity contribution in [3.8, 4) is 0 Å². The Morgan fingerprint density at radius 2 is 2.06 bits per heavy atom. The van der Waals surface area contributed by atoms with E-state index in [1.807, 2.05) is 0 Å². The Morgan fingerprint density at radius 1 is 1.19 bits per heavy atom. The second-order valence-electron chi connectivity index (χ2n) is 4.39. The molecule has 0 saturated carbocycles. The normalized spacial score (nSPS) is 21.0. The van der Waals surface area contributed by atoms with E-state index < -0.39 is 0 Å². The molecule has 0 N–H and O–H groups in total. The van der Waals surface area contributed by atoms with E-state index in [4.69, 9.17) is 0 Å². The quantitative estimate of drug-likeness (QED) is 0.730. The van der Waals surface area contributed by atoms with Gasteiger partial charge in [-0.2, -0.15) is 0 Å². The maximum atomic E-state index is 2.42. The van der Waals surface area contributed by atoms with Crippen molar-refractivity contribution in [2.24, 2.45) is 0 Å². The first-order valence-electron chi connectivity index (χ1n) is 5.69. The summed E-state index contributed by atoms with van der Waals surface area (Å²) in [5.74, 6) is 0.552. The molecule has 0 spiro atoms. The Balaban J connectivity index is 2.26. The van der Waals surface area contributed by atoms with Crippen LogP contribution in [0.4, 0.5) is 0 Å². The average Bonchev–Trinajstić information content (AvgIpc) is 2.61. The van der Waals surface area contributed by atoms with Crippen molar-refractivity contribution in [3.63, 3.8) is 0 Å². The molecule has 2 aliphatic rings. The summed E-state index contributed by atoms with van der Waals surface area (Å²) in [6, 6.07) is 6.94. The Labute approximate surface area is 108 Å². The van der Waals surface area contributed by atoms with Gasteiger partial charge in [0.05, 0.1) is 0 Å². The topological polar surface area (TPSA) is 0 Å². The van der Waals surface area contributed by atoms with Crippen LogP contribution in [0.3, 0.4) is 0 Å². The molecule has 16 heavy (non-hydrogen) atoms. The summed E-state index contributed by atoms with van der Waals surface area (Å²) in [6.45, 7) is 2.19. The number of aryl methyl sites for hydroxylation is 1. The summed E-state index contributed by atoms with van der Waals surface area (Å²) < 4.78 is 4.12. The number of hydrogen-bond acceptors (Lipinski definition) is 0. The first-order chi connectivity index (χ1) is 7.81. The fourth-order valence-electron chi connectivity index (χ4n) is 2.64. The molecule has 78 valence electrons. The molecule has 1 unspecified atom stereocenters. The van der Waals surface area contributed by atoms with Crippen molar-refractivity contribution in [1.29, 1.82) is 0 Å². The molecule has 1 atom stereocenters. The van der Waals surface area contributed by atoms with E-state index in [0.29, 0.717) is 5.92 Å². The van der Waals surface area contributed by atoms with Gasteiger partial charge in [0.2, 0.25) is 0 Å². The Kier molecular flexibility index (Phi) is 2.60. The standard InChI is InChI=1S/C14H11.CH3.Zr/c1-10-6-7-14-12(8-10)9-11-4-2-3-5-13(11)14;;/h2-8,13H,1H3;1H3;. The predicted octanol–water partition coefficient (Wildman–Crippen LogP) is 4.06. The van der Waals surface area contributed by atoms with E-state index in [9.17, 15) is 0 Å². The van der Waals surface area contributed by atoms with E-state index in [2.05, 4.69) is 54.1 Å². The molecule has 0 nitrogen and oxygen atoms in total. The van der Waals surface area contributed by atoms with Crippen molar-refractivity contribution in [2.45, 2.75) is 17.5 Å². The third-order valence-corrected chi connectivity index (χ3v) is 5.98. The van der Waals surface area contributed by atoms with Gasteiger partial charge in [0, 0.05) is 0 Å². The van der Waals surface area contributed by atoms with E-state index >= 15 is 0 Å². The number of rotatable bonds is 1. The molecule has 0 radical (unpaired) electrons. The Hall–Kier alpha value is -0.677. The van der Waals surface area contributed by atoms with Gasteiger partial charge in [0.15, 0.2) is 0 Å². The number of benzene rings is 1. The van der Waals surface area contributed by atoms with Crippen molar-refractivity contribution in [3.05, 3.63) is 64.8 Å². The van der Waals surface area contributed by atoms with E-state index in [1.54, 1.807) is 14.4 Å². The molecule has 0 fully saturated rings. The van der Waals surface area contributed by atoms with Gasteiger partial charge in [-0.3, -0.25) is 0 Å². The van der Waals surface area contributed by atoms with Crippen molar-refractivity contribution < 1.29 is 23.2 Å². The van der Waals surface area contributed by atoms with Gasteiger partial charge < -0.3 is 0 Å². The number of hydrogen-bond donors (Lipinski definition) is 0. The van der Waals surface area contributed by atoms with Crippen molar-refractivity contribution >= 4 is 3.28 Å². The number of allylic oxidation sites excluding steroid dienone is 5. The van der Waals surface area contributed by atoms with Gasteiger partial charge in [-0.05, 0) is 0 Å². The van der Waals surface area contributed by atoms with Crippen LogP contribution in [-0.4, -0.2) is 0 Å². The number of fused-ring (bicyclic) bond motifs is 3. The first kappa shape index (κ1) is 10.5. The van der Waals surface area contributed by atoms with Gasteiger partial charge in [-0.1, -0.05) is 0 Å². The molecular weight excluding hydrogens is 271 g/mol. The van der Waals surface area contributed by atoms with Gasteiger partial charge in [0.1, 0.15) is 0 Å². The maximum absolute atomic E-state index is 2.42. The molecular formula is C15H14Zr. The van der Waals surface area contributed by atoms with Crippen LogP contribution in [-0.2, 0) is 23.2 Å². The molecule has 0 aromatic heterocycles. The molecule has 3 rings (SSSR count). The van der Waals surface area contributed by atoms with Crippen LogP contribution < -0.4 is 0 Å². The van der Waals surface area contributed by atoms with Crippen LogP contribution in [0.1, 0.15) is 22.6 Å². The molecule has 1 heteroatoms. The Morgan fingerprint density at radius 3 is 2.88 bits per heavy atom. The van der Waals surface area contributed by atoms with Crippen LogP contribution in [0.5, 0.6) is 0 Å². The minimum atomic E-state index is -0.381. The molecule has 0 bridgehead atoms. The zero-order valence-electron chi connectivity index (χ0n) is 9.62. The predicted molar refractivity (Wildman–Crippen MR) is 65.0 cm³/mol. The van der Waals surface area contributed by atoms with Crippen LogP contribution in [0.15, 0.2) is 48.1 Å². The summed E-state index contributed by atoms with van der Waals surface area (Å²) in [6.07, 6.45) is 9.02. The summed E-state index contributed by atoms with van der Waals surface area (Å²) in [5, 5.41) is 0. The van der Waals surface area contributed by atoms with Gasteiger partial charge >= 0.3 is 109 Å². The molecule has 0 amide bonds. The minimum absolute atomic E-state index is 0.381. The zero-order chi connectivity index (χ0) is 11.1. The summed E-state index contributed by atoms with van der Waals surface area (Å²) in [7, 11) is 0. The fraction of sp³-hybridized carbons (Fsp3) is 0.200. The van der Waals surface area contributed by atoms with Gasteiger partial charge in [-0.25, -0.2) is 0 Å². The SMILES string of the molecule is [CH3][Zr][C]1=C2C=CC=CC2c2ccc(C)cc21. The zero-order valence-corrected chi connectivity index (χ0v) is 12.1. The molecule has 0 heterocycles. The monoisotopic (exact) mass is 284 g/mol. The summed E-state index contributed by atoms with van der Waals surface area (Å²) >= 11 is -0.381. The first-order valence-corrected chi connectivity index (χ1v) is 9.37. The van der Waals surface area contributed by atoms with Crippen LogP contribution >= 0.6 is 0 Å². The van der Waals surface area contributed by atoms with Gasteiger partial charge in [0.25, 0.3) is 0 Å². The van der Waals surface area contributed by atoms with Crippen LogP contribution in [0.2, 0.25) is 4.63 Å². The fourth-order valence-corrected chi connectivity index (χ4v) is 5.14. The summed E-state index contributed by atoms with van der Waals surface area (Å²) in [4.78, 5) is 0. The molecule has 0 saturated heterocycles. The third kappa shape index (κ3) is 1.45. The van der Waals surface area contributed by atoms with E-state index in [0.717, 1.165) is 0 Å². The van der Waals surface area contributed by atoms with Crippen molar-refractivity contribution in [1.82, 2.24) is 0 Å². The van der Waals surface area contributed by atoms with E-state index in [1.165, 1.54) is 11.1 Å². The van der Waals surface area contributed by atoms with Gasteiger partial charge in [-0.15, -0.1) is 0 Å². The second-order valence-corrected chi connectivity index (χ2v) is 6.85. The average molecular weight is 286 g/mol. The van der Waals surface area contributed by atoms with Crippen LogP contribution in [0.25, 0.3) is 3.28 Å². The molecule has 1 aromatic carbocycles.